The lowest BCUT2D eigenvalue weighted by Crippen LogP contribution is -2.20. The minimum absolute atomic E-state index is 0.854. The summed E-state index contributed by atoms with van der Waals surface area (Å²) in [7, 11) is 8.16. The van der Waals surface area contributed by atoms with E-state index in [2.05, 4.69) is 41.8 Å². The maximum Gasteiger partial charge on any atom is 0.0566 e. The maximum absolute atomic E-state index is 4.76. The van der Waals surface area contributed by atoms with E-state index in [1.807, 2.05) is 21.6 Å². The summed E-state index contributed by atoms with van der Waals surface area (Å²) in [4.78, 5) is 6.91. The van der Waals surface area contributed by atoms with E-state index >= 15 is 0 Å². The molecule has 1 aliphatic rings. The van der Waals surface area contributed by atoms with Gasteiger partial charge in [-0.15, -0.1) is 0 Å². The second kappa shape index (κ2) is 9.56. The first kappa shape index (κ1) is 16.9. The van der Waals surface area contributed by atoms with E-state index in [9.17, 15) is 0 Å². The number of anilines is 1. The van der Waals surface area contributed by atoms with Crippen LogP contribution in [-0.4, -0.2) is 43.7 Å². The highest BCUT2D eigenvalue weighted by atomic mass is 33.1. The van der Waals surface area contributed by atoms with Crippen LogP contribution >= 0.6 is 21.6 Å². The Bertz CT molecular complexity index is 394. The third kappa shape index (κ3) is 6.46. The van der Waals surface area contributed by atoms with Crippen LogP contribution in [0.4, 0.5) is 5.69 Å². The van der Waals surface area contributed by atoms with Gasteiger partial charge in [0.25, 0.3) is 0 Å². The molecule has 0 unspecified atom stereocenters. The predicted octanol–water partition coefficient (Wildman–Crippen LogP) is 2.50. The molecule has 118 valence electrons. The molecule has 2 N–H and O–H groups in total. The first-order chi connectivity index (χ1) is 10.3. The largest absolute Gasteiger partial charge is 0.378 e. The van der Waals surface area contributed by atoms with Crippen molar-refractivity contribution in [2.24, 2.45) is 0 Å². The number of nitrogens with one attached hydrogen (secondary N) is 2. The lowest BCUT2D eigenvalue weighted by atomic mass is 10.2. The number of pyridine rings is 1. The van der Waals surface area contributed by atoms with Crippen molar-refractivity contribution < 1.29 is 0 Å². The molecule has 0 aromatic carbocycles. The molecule has 1 aliphatic heterocycles. The molecule has 1 aromatic heterocycles. The van der Waals surface area contributed by atoms with Crippen LogP contribution in [0.1, 0.15) is 24.2 Å². The molecule has 6 heteroatoms. The van der Waals surface area contributed by atoms with Gasteiger partial charge in [0.15, 0.2) is 0 Å². The van der Waals surface area contributed by atoms with Gasteiger partial charge in [0.2, 0.25) is 0 Å². The summed E-state index contributed by atoms with van der Waals surface area (Å²) in [5.41, 5.74) is 3.50. The van der Waals surface area contributed by atoms with Crippen molar-refractivity contribution in [1.82, 2.24) is 15.6 Å². The maximum atomic E-state index is 4.76. The van der Waals surface area contributed by atoms with Crippen molar-refractivity contribution in [3.05, 3.63) is 23.5 Å². The standard InChI is InChI=1S/C15H26N4S2/c1-19(2)15-9-13-11-16-5-3-7-20-21-8-4-6-17-12-14(10-15)18-13/h9-10,16-17H,3-8,11-12H2,1-2H3. The fourth-order valence-corrected chi connectivity index (χ4v) is 4.31. The first-order valence-corrected chi connectivity index (χ1v) is 10.1. The molecular formula is C15H26N4S2. The lowest BCUT2D eigenvalue weighted by Gasteiger charge is -2.16. The fraction of sp³-hybridized carbons (Fsp3) is 0.667. The zero-order valence-corrected chi connectivity index (χ0v) is 14.7. The van der Waals surface area contributed by atoms with E-state index in [1.54, 1.807) is 0 Å². The van der Waals surface area contributed by atoms with E-state index in [0.717, 1.165) is 37.6 Å². The van der Waals surface area contributed by atoms with Crippen LogP contribution in [0.15, 0.2) is 12.1 Å². The van der Waals surface area contributed by atoms with Crippen molar-refractivity contribution in [3.63, 3.8) is 0 Å². The van der Waals surface area contributed by atoms with E-state index in [1.165, 1.54) is 30.0 Å². The van der Waals surface area contributed by atoms with Crippen LogP contribution in [0.3, 0.4) is 0 Å². The Morgan fingerprint density at radius 3 is 1.95 bits per heavy atom. The summed E-state index contributed by atoms with van der Waals surface area (Å²) >= 11 is 0. The molecule has 2 heterocycles. The highest BCUT2D eigenvalue weighted by molar-refractivity contribution is 8.76. The third-order valence-electron chi connectivity index (χ3n) is 3.29. The highest BCUT2D eigenvalue weighted by Gasteiger charge is 2.05. The molecule has 0 saturated heterocycles. The number of aromatic nitrogens is 1. The summed E-state index contributed by atoms with van der Waals surface area (Å²) < 4.78 is 0. The summed E-state index contributed by atoms with van der Waals surface area (Å²) in [6.45, 7) is 3.84. The van der Waals surface area contributed by atoms with Crippen molar-refractivity contribution in [3.8, 4) is 0 Å². The van der Waals surface area contributed by atoms with Gasteiger partial charge in [0.05, 0.1) is 11.4 Å². The van der Waals surface area contributed by atoms with Crippen LogP contribution in [-0.2, 0) is 13.1 Å². The Morgan fingerprint density at radius 1 is 0.952 bits per heavy atom. The molecule has 0 radical (unpaired) electrons. The van der Waals surface area contributed by atoms with Crippen molar-refractivity contribution in [2.45, 2.75) is 25.9 Å². The molecule has 0 aliphatic carbocycles. The Morgan fingerprint density at radius 2 is 1.48 bits per heavy atom. The summed E-state index contributed by atoms with van der Waals surface area (Å²) in [5, 5.41) is 7.01. The molecule has 21 heavy (non-hydrogen) atoms. The van der Waals surface area contributed by atoms with Crippen molar-refractivity contribution in [2.75, 3.05) is 43.6 Å². The second-order valence-electron chi connectivity index (χ2n) is 5.41. The van der Waals surface area contributed by atoms with E-state index in [0.29, 0.717) is 0 Å². The third-order valence-corrected chi connectivity index (χ3v) is 5.87. The van der Waals surface area contributed by atoms with Crippen molar-refractivity contribution >= 4 is 27.3 Å². The number of rotatable bonds is 1. The molecule has 0 saturated carbocycles. The Balaban J connectivity index is 2.03. The Labute approximate surface area is 136 Å². The quantitative estimate of drug-likeness (QED) is 0.773. The van der Waals surface area contributed by atoms with Gasteiger partial charge >= 0.3 is 0 Å². The van der Waals surface area contributed by atoms with Gasteiger partial charge in [-0.1, -0.05) is 21.6 Å². The minimum Gasteiger partial charge on any atom is -0.378 e. The van der Waals surface area contributed by atoms with Crippen LogP contribution in [0.5, 0.6) is 0 Å². The molecule has 2 rings (SSSR count). The van der Waals surface area contributed by atoms with E-state index in [4.69, 9.17) is 4.98 Å². The smallest absolute Gasteiger partial charge is 0.0566 e. The number of hydrogen-bond acceptors (Lipinski definition) is 6. The number of nitrogens with zero attached hydrogens (tertiary/aromatic N) is 2. The average molecular weight is 327 g/mol. The predicted molar refractivity (Wildman–Crippen MR) is 96.1 cm³/mol. The van der Waals surface area contributed by atoms with Crippen LogP contribution in [0.2, 0.25) is 0 Å². The fourth-order valence-electron chi connectivity index (χ4n) is 2.13. The molecule has 0 atom stereocenters. The van der Waals surface area contributed by atoms with Gasteiger partial charge in [0.1, 0.15) is 0 Å². The first-order valence-electron chi connectivity index (χ1n) is 7.59. The second-order valence-corrected chi connectivity index (χ2v) is 8.11. The summed E-state index contributed by atoms with van der Waals surface area (Å²) in [6.07, 6.45) is 2.44. The molecule has 0 fully saturated rings. The molecule has 1 aromatic rings. The normalized spacial score (nSPS) is 18.6. The summed E-state index contributed by atoms with van der Waals surface area (Å²) in [5.74, 6) is 2.45. The SMILES string of the molecule is CN(C)c1cc2nc(c1)CNCCCSSCCCNC2. The van der Waals surface area contributed by atoms with Gasteiger partial charge in [0, 0.05) is 44.4 Å². The van der Waals surface area contributed by atoms with Crippen LogP contribution in [0.25, 0.3) is 0 Å². The number of fused-ring (bicyclic) bond motifs is 2. The minimum atomic E-state index is 0.854. The zero-order chi connectivity index (χ0) is 14.9. The highest BCUT2D eigenvalue weighted by Crippen LogP contribution is 2.22. The topological polar surface area (TPSA) is 40.2 Å². The van der Waals surface area contributed by atoms with Crippen LogP contribution < -0.4 is 15.5 Å². The molecule has 2 bridgehead atoms. The van der Waals surface area contributed by atoms with Gasteiger partial charge < -0.3 is 15.5 Å². The summed E-state index contributed by atoms with van der Waals surface area (Å²) in [6, 6.07) is 4.36. The van der Waals surface area contributed by atoms with Crippen LogP contribution in [0, 0.1) is 0 Å². The van der Waals surface area contributed by atoms with Crippen molar-refractivity contribution in [1.29, 1.82) is 0 Å². The van der Waals surface area contributed by atoms with E-state index in [-0.39, 0.29) is 0 Å². The lowest BCUT2D eigenvalue weighted by molar-refractivity contribution is 0.646. The monoisotopic (exact) mass is 326 g/mol. The Hall–Kier alpha value is -0.430. The van der Waals surface area contributed by atoms with Gasteiger partial charge in [-0.05, 0) is 38.1 Å². The number of hydrogen-bond donors (Lipinski definition) is 2. The van der Waals surface area contributed by atoms with Gasteiger partial charge in [-0.3, -0.25) is 4.98 Å². The molecule has 4 nitrogen and oxygen atoms in total. The van der Waals surface area contributed by atoms with E-state index < -0.39 is 0 Å². The van der Waals surface area contributed by atoms with Gasteiger partial charge in [-0.25, -0.2) is 0 Å². The molecule has 0 spiro atoms. The molecule has 0 amide bonds. The van der Waals surface area contributed by atoms with Gasteiger partial charge in [-0.2, -0.15) is 0 Å². The average Bonchev–Trinajstić information content (AvgIpc) is 2.48. The zero-order valence-electron chi connectivity index (χ0n) is 13.0. The Kier molecular flexibility index (Phi) is 7.71. The molecular weight excluding hydrogens is 300 g/mol.